The lowest BCUT2D eigenvalue weighted by molar-refractivity contribution is -0.187. The molecule has 1 aromatic heterocycles. The van der Waals surface area contributed by atoms with E-state index in [1.54, 1.807) is 6.08 Å². The summed E-state index contributed by atoms with van der Waals surface area (Å²) in [5, 5.41) is 0. The first-order chi connectivity index (χ1) is 18.9. The lowest BCUT2D eigenvalue weighted by Crippen LogP contribution is -2.50. The summed E-state index contributed by atoms with van der Waals surface area (Å²) >= 11 is 0. The molecule has 1 unspecified atom stereocenters. The highest BCUT2D eigenvalue weighted by molar-refractivity contribution is 6.24. The number of hydrogen-bond donors (Lipinski definition) is 0. The minimum atomic E-state index is -4.74. The number of carbonyl (C=O) groups excluding carboxylic acids is 3. The number of benzene rings is 1. The van der Waals surface area contributed by atoms with Gasteiger partial charge in [0.05, 0.1) is 12.7 Å². The van der Waals surface area contributed by atoms with Crippen molar-refractivity contribution in [1.82, 2.24) is 14.8 Å². The Bertz CT molecular complexity index is 1420. The molecule has 1 saturated heterocycles. The van der Waals surface area contributed by atoms with Crippen LogP contribution in [0.2, 0.25) is 0 Å². The van der Waals surface area contributed by atoms with E-state index in [4.69, 9.17) is 4.74 Å². The van der Waals surface area contributed by atoms with Crippen molar-refractivity contribution in [2.75, 3.05) is 13.1 Å². The molecule has 5 rings (SSSR count). The van der Waals surface area contributed by atoms with Crippen molar-refractivity contribution in [3.05, 3.63) is 83.2 Å². The van der Waals surface area contributed by atoms with E-state index in [9.17, 15) is 36.3 Å². The summed E-state index contributed by atoms with van der Waals surface area (Å²) < 4.78 is 73.5. The second kappa shape index (κ2) is 10.1. The van der Waals surface area contributed by atoms with Gasteiger partial charge in [0.2, 0.25) is 5.91 Å². The Morgan fingerprint density at radius 3 is 2.55 bits per heavy atom. The molecule has 2 aliphatic carbocycles. The third kappa shape index (κ3) is 5.09. The van der Waals surface area contributed by atoms with Crippen LogP contribution in [0.5, 0.6) is 0 Å². The number of Topliss-reactive ketones (excluding diaryl/α,β-unsaturated/α-hetero) is 1. The molecule has 210 valence electrons. The topological polar surface area (TPSA) is 79.8 Å². The standard InChI is InChI=1S/C28H24F5N3O4/c1-16(28(31,32)33)36(13-17-2-4-19(29)5-3-17)24(37)14-35-15-27(40-26(35)39)9-8-22-23(27)7-6-21(25(22)38)18-10-20(30)12-34-11-18/h2-7,10-12,16,22H,8-9,13-15H2,1H3/t16-,22?,27-/m0/s1. The van der Waals surface area contributed by atoms with E-state index in [-0.39, 0.29) is 29.9 Å². The first-order valence-corrected chi connectivity index (χ1v) is 12.5. The molecule has 3 atom stereocenters. The van der Waals surface area contributed by atoms with Crippen LogP contribution in [0.3, 0.4) is 0 Å². The molecule has 0 bridgehead atoms. The highest BCUT2D eigenvalue weighted by Crippen LogP contribution is 2.49. The van der Waals surface area contributed by atoms with E-state index in [2.05, 4.69) is 4.98 Å². The molecule has 0 radical (unpaired) electrons. The van der Waals surface area contributed by atoms with Gasteiger partial charge in [0, 0.05) is 29.8 Å². The molecule has 1 spiro atoms. The van der Waals surface area contributed by atoms with Gasteiger partial charge in [-0.15, -0.1) is 0 Å². The van der Waals surface area contributed by atoms with Gasteiger partial charge in [-0.1, -0.05) is 24.3 Å². The van der Waals surface area contributed by atoms with E-state index in [1.807, 2.05) is 0 Å². The number of carbonyl (C=O) groups is 3. The van der Waals surface area contributed by atoms with Gasteiger partial charge < -0.3 is 9.64 Å². The second-order valence-corrected chi connectivity index (χ2v) is 10.1. The average molecular weight is 562 g/mol. The molecule has 1 aromatic carbocycles. The number of rotatable bonds is 6. The van der Waals surface area contributed by atoms with Gasteiger partial charge >= 0.3 is 12.3 Å². The minimum Gasteiger partial charge on any atom is -0.436 e. The number of pyridine rings is 1. The van der Waals surface area contributed by atoms with Crippen molar-refractivity contribution in [2.45, 2.75) is 44.1 Å². The highest BCUT2D eigenvalue weighted by atomic mass is 19.4. The molecule has 1 aliphatic heterocycles. The first kappa shape index (κ1) is 27.5. The fourth-order valence-electron chi connectivity index (χ4n) is 5.47. The molecule has 7 nitrogen and oxygen atoms in total. The summed E-state index contributed by atoms with van der Waals surface area (Å²) in [4.78, 5) is 44.6. The van der Waals surface area contributed by atoms with Crippen molar-refractivity contribution in [3.63, 3.8) is 0 Å². The Morgan fingerprint density at radius 2 is 1.88 bits per heavy atom. The Hall–Kier alpha value is -4.09. The molecule has 3 aliphatic rings. The molecule has 2 fully saturated rings. The number of aromatic nitrogens is 1. The SMILES string of the molecule is C[C@H](N(Cc1ccc(F)cc1)C(=O)CN1C[C@]2(CCC3C(=O)C(c4cncc(F)c4)=CC=C32)OC1=O)C(F)(F)F. The van der Waals surface area contributed by atoms with Crippen molar-refractivity contribution in [3.8, 4) is 0 Å². The van der Waals surface area contributed by atoms with Gasteiger partial charge in [-0.3, -0.25) is 19.5 Å². The van der Waals surface area contributed by atoms with Crippen molar-refractivity contribution in [1.29, 1.82) is 0 Å². The number of amides is 2. The zero-order chi connectivity index (χ0) is 28.8. The lowest BCUT2D eigenvalue weighted by atomic mass is 9.82. The molecular weight excluding hydrogens is 537 g/mol. The molecule has 12 heteroatoms. The summed E-state index contributed by atoms with van der Waals surface area (Å²) in [5.74, 6) is -3.05. The highest BCUT2D eigenvalue weighted by Gasteiger charge is 2.56. The van der Waals surface area contributed by atoms with Crippen LogP contribution in [0.4, 0.5) is 26.7 Å². The van der Waals surface area contributed by atoms with Crippen LogP contribution in [-0.2, 0) is 20.9 Å². The monoisotopic (exact) mass is 561 g/mol. The average Bonchev–Trinajstić information content (AvgIpc) is 3.41. The summed E-state index contributed by atoms with van der Waals surface area (Å²) in [5.41, 5.74) is 0.188. The molecule has 2 amide bonds. The third-order valence-electron chi connectivity index (χ3n) is 7.61. The Kier molecular flexibility index (Phi) is 6.97. The number of ether oxygens (including phenoxy) is 1. The van der Waals surface area contributed by atoms with Crippen LogP contribution in [0.25, 0.3) is 5.57 Å². The van der Waals surface area contributed by atoms with Gasteiger partial charge in [-0.05, 0) is 49.1 Å². The number of allylic oxidation sites excluding steroid dienone is 3. The quantitative estimate of drug-likeness (QED) is 0.472. The molecule has 40 heavy (non-hydrogen) atoms. The van der Waals surface area contributed by atoms with Crippen LogP contribution in [0.15, 0.2) is 60.5 Å². The minimum absolute atomic E-state index is 0.122. The summed E-state index contributed by atoms with van der Waals surface area (Å²) in [6.07, 6.45) is 0.530. The fraction of sp³-hybridized carbons (Fsp3) is 0.357. The van der Waals surface area contributed by atoms with Crippen molar-refractivity contribution in [2.24, 2.45) is 5.92 Å². The van der Waals surface area contributed by atoms with Crippen LogP contribution in [0, 0.1) is 17.6 Å². The molecule has 2 heterocycles. The summed E-state index contributed by atoms with van der Waals surface area (Å²) in [6, 6.07) is 3.75. The normalized spacial score (nSPS) is 23.1. The van der Waals surface area contributed by atoms with E-state index in [0.29, 0.717) is 22.5 Å². The third-order valence-corrected chi connectivity index (χ3v) is 7.61. The first-order valence-electron chi connectivity index (χ1n) is 12.5. The van der Waals surface area contributed by atoms with E-state index >= 15 is 0 Å². The zero-order valence-corrected chi connectivity index (χ0v) is 21.3. The molecule has 0 N–H and O–H groups in total. The van der Waals surface area contributed by atoms with Crippen LogP contribution < -0.4 is 0 Å². The van der Waals surface area contributed by atoms with Gasteiger partial charge in [0.15, 0.2) is 11.4 Å². The molecule has 1 saturated carbocycles. The zero-order valence-electron chi connectivity index (χ0n) is 21.3. The van der Waals surface area contributed by atoms with Crippen LogP contribution in [0.1, 0.15) is 30.9 Å². The predicted molar refractivity (Wildman–Crippen MR) is 131 cm³/mol. The van der Waals surface area contributed by atoms with Crippen LogP contribution >= 0.6 is 0 Å². The Labute approximate surface area is 225 Å². The van der Waals surface area contributed by atoms with E-state index < -0.39 is 60.5 Å². The molecule has 2 aromatic rings. The summed E-state index contributed by atoms with van der Waals surface area (Å²) in [7, 11) is 0. The van der Waals surface area contributed by atoms with Crippen molar-refractivity contribution < 1.29 is 41.1 Å². The number of fused-ring (bicyclic) bond motifs is 2. The number of nitrogens with zero attached hydrogens (tertiary/aromatic N) is 3. The van der Waals surface area contributed by atoms with Gasteiger partial charge in [-0.25, -0.2) is 13.6 Å². The smallest absolute Gasteiger partial charge is 0.411 e. The largest absolute Gasteiger partial charge is 0.436 e. The number of halogens is 5. The maximum Gasteiger partial charge on any atom is 0.411 e. The van der Waals surface area contributed by atoms with Crippen molar-refractivity contribution >= 4 is 23.4 Å². The predicted octanol–water partition coefficient (Wildman–Crippen LogP) is 4.83. The Morgan fingerprint density at radius 1 is 1.15 bits per heavy atom. The maximum atomic E-state index is 13.7. The van der Waals surface area contributed by atoms with Gasteiger partial charge in [0.25, 0.3) is 0 Å². The fourth-order valence-corrected chi connectivity index (χ4v) is 5.47. The van der Waals surface area contributed by atoms with E-state index in [1.165, 1.54) is 30.5 Å². The van der Waals surface area contributed by atoms with E-state index in [0.717, 1.165) is 30.2 Å². The van der Waals surface area contributed by atoms with Gasteiger partial charge in [-0.2, -0.15) is 13.2 Å². The lowest BCUT2D eigenvalue weighted by Gasteiger charge is -2.32. The Balaban J connectivity index is 1.36. The molecular formula is C28H24F5N3O4. The number of alkyl halides is 3. The van der Waals surface area contributed by atoms with Crippen LogP contribution in [-0.4, -0.2) is 63.5 Å². The second-order valence-electron chi connectivity index (χ2n) is 10.1. The number of ketones is 1. The van der Waals surface area contributed by atoms with Gasteiger partial charge in [0.1, 0.15) is 24.2 Å². The summed E-state index contributed by atoms with van der Waals surface area (Å²) in [6.45, 7) is -0.409. The number of hydrogen-bond acceptors (Lipinski definition) is 5. The maximum absolute atomic E-state index is 13.7.